The Bertz CT molecular complexity index is 1860. The van der Waals surface area contributed by atoms with Gasteiger partial charge in [0.1, 0.15) is 35.2 Å². The number of piperidine rings is 1. The summed E-state index contributed by atoms with van der Waals surface area (Å²) in [5.41, 5.74) is -1.37. The van der Waals surface area contributed by atoms with E-state index in [-0.39, 0.29) is 70.8 Å². The van der Waals surface area contributed by atoms with Crippen LogP contribution in [0.4, 0.5) is 14.6 Å². The van der Waals surface area contributed by atoms with Gasteiger partial charge in [-0.25, -0.2) is 8.78 Å². The van der Waals surface area contributed by atoms with E-state index in [0.29, 0.717) is 36.0 Å². The number of aromatic nitrogens is 3. The third kappa shape index (κ3) is 5.01. The van der Waals surface area contributed by atoms with Gasteiger partial charge in [-0.15, -0.1) is 6.42 Å². The number of nitrogens with zero attached hydrogens (tertiary/aromatic N) is 5. The minimum absolute atomic E-state index is 0.0106. The molecule has 0 spiro atoms. The minimum atomic E-state index is -0.967. The quantitative estimate of drug-likeness (QED) is 0.269. The maximum atomic E-state index is 16.7. The van der Waals surface area contributed by atoms with Crippen molar-refractivity contribution in [1.29, 1.82) is 0 Å². The van der Waals surface area contributed by atoms with E-state index in [4.69, 9.17) is 16.1 Å². The first-order valence-corrected chi connectivity index (χ1v) is 15.4. The van der Waals surface area contributed by atoms with Crippen molar-refractivity contribution >= 4 is 27.5 Å². The highest BCUT2D eigenvalue weighted by Gasteiger charge is 2.49. The van der Waals surface area contributed by atoms with Crippen LogP contribution in [-0.2, 0) is 0 Å². The van der Waals surface area contributed by atoms with Crippen LogP contribution in [0.25, 0.3) is 32.9 Å². The zero-order valence-electron chi connectivity index (χ0n) is 25.1. The highest BCUT2D eigenvalue weighted by atomic mass is 19.1. The van der Waals surface area contributed by atoms with Gasteiger partial charge in [-0.3, -0.25) is 9.88 Å². The highest BCUT2D eigenvalue weighted by molar-refractivity contribution is 6.03. The highest BCUT2D eigenvalue weighted by Crippen LogP contribution is 2.43. The Balaban J connectivity index is 1.37. The van der Waals surface area contributed by atoms with Crippen LogP contribution in [-0.4, -0.2) is 85.2 Å². The topological polar surface area (TPSA) is 115 Å². The Kier molecular flexibility index (Phi) is 7.27. The second kappa shape index (κ2) is 11.1. The lowest BCUT2D eigenvalue weighted by molar-refractivity contribution is 0.0446. The molecule has 45 heavy (non-hydrogen) atoms. The molecular formula is C34H35F2N5O4. The van der Waals surface area contributed by atoms with Crippen LogP contribution in [0.2, 0.25) is 0 Å². The van der Waals surface area contributed by atoms with Gasteiger partial charge in [-0.2, -0.15) is 9.97 Å². The van der Waals surface area contributed by atoms with Crippen LogP contribution >= 0.6 is 0 Å². The van der Waals surface area contributed by atoms with Crippen LogP contribution in [0.1, 0.15) is 51.0 Å². The first-order valence-electron chi connectivity index (χ1n) is 15.4. The van der Waals surface area contributed by atoms with E-state index in [2.05, 4.69) is 20.8 Å². The number of benzene rings is 2. The number of fused-ring (bicyclic) bond motifs is 3. The minimum Gasteiger partial charge on any atom is -0.508 e. The number of aliphatic hydroxyl groups is 2. The summed E-state index contributed by atoms with van der Waals surface area (Å²) in [5, 5.41) is 32.3. The molecule has 9 nitrogen and oxygen atoms in total. The standard InChI is InChI=1S/C34H35F2N5O4/c1-3-23-26(35)7-6-20-14-22(43)15-24(27(20)23)29-28(36)30-25(16-37-29)31(40-12-4-9-33(2,44)18-40)39-32(38-30)45-19-34-10-5-13-41(34)21(17-42)8-11-34/h1,6-7,14-16,21,42-44H,4-5,8-13,17-19H2,2H3/t21-,33-,34+/m1/s1. The van der Waals surface area contributed by atoms with Crippen molar-refractivity contribution in [3.63, 3.8) is 0 Å². The van der Waals surface area contributed by atoms with Gasteiger partial charge in [0.15, 0.2) is 5.82 Å². The number of aliphatic hydroxyl groups excluding tert-OH is 1. The van der Waals surface area contributed by atoms with Crippen molar-refractivity contribution < 1.29 is 28.8 Å². The molecule has 0 unspecified atom stereocenters. The van der Waals surface area contributed by atoms with Gasteiger partial charge in [0.2, 0.25) is 0 Å². The molecule has 0 saturated carbocycles. The summed E-state index contributed by atoms with van der Waals surface area (Å²) in [4.78, 5) is 17.9. The number of halogens is 2. The molecule has 2 aromatic heterocycles. The summed E-state index contributed by atoms with van der Waals surface area (Å²) < 4.78 is 37.8. The SMILES string of the molecule is C#Cc1c(F)ccc2cc(O)cc(-c3ncc4c(N5CCC[C@@](C)(O)C5)nc(OC[C@@]56CCCN5[C@@H](CO)CC6)nc4c3F)c12. The monoisotopic (exact) mass is 615 g/mol. The fourth-order valence-electron chi connectivity index (χ4n) is 7.67. The van der Waals surface area contributed by atoms with Crippen molar-refractivity contribution in [2.24, 2.45) is 0 Å². The van der Waals surface area contributed by atoms with Crippen molar-refractivity contribution in [1.82, 2.24) is 19.9 Å². The second-order valence-corrected chi connectivity index (χ2v) is 12.9. The molecule has 3 atom stereocenters. The van der Waals surface area contributed by atoms with Crippen LogP contribution in [0.15, 0.2) is 30.5 Å². The second-order valence-electron chi connectivity index (χ2n) is 12.9. The molecule has 0 radical (unpaired) electrons. The largest absolute Gasteiger partial charge is 0.508 e. The van der Waals surface area contributed by atoms with Crippen molar-refractivity contribution in [2.75, 3.05) is 37.7 Å². The van der Waals surface area contributed by atoms with Crippen molar-refractivity contribution in [3.8, 4) is 35.4 Å². The van der Waals surface area contributed by atoms with Gasteiger partial charge >= 0.3 is 6.01 Å². The van der Waals surface area contributed by atoms with Gasteiger partial charge in [0.05, 0.1) is 28.7 Å². The average molecular weight is 616 g/mol. The van der Waals surface area contributed by atoms with E-state index in [0.717, 1.165) is 32.2 Å². The van der Waals surface area contributed by atoms with Gasteiger partial charge in [-0.1, -0.05) is 12.0 Å². The number of pyridine rings is 1. The number of phenolic OH excluding ortho intramolecular Hbond substituents is 1. The van der Waals surface area contributed by atoms with Crippen LogP contribution in [0.3, 0.4) is 0 Å². The number of phenols is 1. The summed E-state index contributed by atoms with van der Waals surface area (Å²) in [6.07, 6.45) is 12.1. The van der Waals surface area contributed by atoms with Gasteiger partial charge in [-0.05, 0) is 75.6 Å². The third-order valence-electron chi connectivity index (χ3n) is 9.78. The summed E-state index contributed by atoms with van der Waals surface area (Å²) in [5.74, 6) is 1.15. The zero-order chi connectivity index (χ0) is 31.5. The summed E-state index contributed by atoms with van der Waals surface area (Å²) >= 11 is 0. The lowest BCUT2D eigenvalue weighted by atomic mass is 9.94. The molecule has 5 heterocycles. The Morgan fingerprint density at radius 1 is 1.13 bits per heavy atom. The molecule has 2 aromatic carbocycles. The molecule has 3 N–H and O–H groups in total. The molecule has 234 valence electrons. The predicted octanol–water partition coefficient (Wildman–Crippen LogP) is 4.53. The number of hydrogen-bond donors (Lipinski definition) is 3. The molecule has 11 heteroatoms. The van der Waals surface area contributed by atoms with E-state index in [9.17, 15) is 19.7 Å². The number of hydrogen-bond acceptors (Lipinski definition) is 9. The number of anilines is 1. The van der Waals surface area contributed by atoms with Crippen LogP contribution in [0.5, 0.6) is 11.8 Å². The van der Waals surface area contributed by atoms with Gasteiger partial charge in [0.25, 0.3) is 0 Å². The summed E-state index contributed by atoms with van der Waals surface area (Å²) in [6, 6.07) is 5.50. The molecule has 3 aliphatic rings. The molecule has 3 saturated heterocycles. The fraction of sp³-hybridized carbons (Fsp3) is 0.441. The van der Waals surface area contributed by atoms with E-state index < -0.39 is 17.2 Å². The maximum absolute atomic E-state index is 16.7. The molecule has 0 amide bonds. The van der Waals surface area contributed by atoms with Crippen LogP contribution in [0, 0.1) is 24.0 Å². The van der Waals surface area contributed by atoms with Gasteiger partial charge in [0, 0.05) is 36.3 Å². The molecule has 3 fully saturated rings. The lowest BCUT2D eigenvalue weighted by Crippen LogP contribution is -2.47. The number of terminal acetylenes is 1. The first-order chi connectivity index (χ1) is 21.6. The molecule has 0 aliphatic carbocycles. The number of aromatic hydroxyl groups is 1. The zero-order valence-corrected chi connectivity index (χ0v) is 25.1. The number of β-amino-alcohol motifs (C(OH)–C–C–N with tert-alkyl or cyclic N) is 1. The van der Waals surface area contributed by atoms with Crippen LogP contribution < -0.4 is 9.64 Å². The van der Waals surface area contributed by atoms with E-state index in [1.165, 1.54) is 30.5 Å². The maximum Gasteiger partial charge on any atom is 0.319 e. The summed E-state index contributed by atoms with van der Waals surface area (Å²) in [6.45, 7) is 3.88. The van der Waals surface area contributed by atoms with E-state index in [1.807, 2.05) is 4.90 Å². The van der Waals surface area contributed by atoms with Crippen molar-refractivity contribution in [2.45, 2.75) is 62.6 Å². The smallest absolute Gasteiger partial charge is 0.319 e. The normalized spacial score (nSPS) is 25.2. The predicted molar refractivity (Wildman–Crippen MR) is 166 cm³/mol. The number of rotatable bonds is 6. The van der Waals surface area contributed by atoms with Crippen molar-refractivity contribution in [3.05, 3.63) is 47.7 Å². The summed E-state index contributed by atoms with van der Waals surface area (Å²) in [7, 11) is 0. The Labute approximate surface area is 259 Å². The molecule has 3 aliphatic heterocycles. The molecular weight excluding hydrogens is 580 g/mol. The fourth-order valence-corrected chi connectivity index (χ4v) is 7.67. The van der Waals surface area contributed by atoms with E-state index in [1.54, 1.807) is 6.92 Å². The number of ether oxygens (including phenoxy) is 1. The third-order valence-corrected chi connectivity index (χ3v) is 9.78. The first kappa shape index (κ1) is 29.6. The van der Waals surface area contributed by atoms with Gasteiger partial charge < -0.3 is 25.0 Å². The molecule has 0 bridgehead atoms. The average Bonchev–Trinajstić information content (AvgIpc) is 3.58. The Morgan fingerprint density at radius 2 is 1.96 bits per heavy atom. The Hall–Kier alpha value is -4.11. The Morgan fingerprint density at radius 3 is 2.73 bits per heavy atom. The molecule has 4 aromatic rings. The lowest BCUT2D eigenvalue weighted by Gasteiger charge is -2.38. The molecule has 7 rings (SSSR count). The van der Waals surface area contributed by atoms with E-state index >= 15 is 4.39 Å².